The van der Waals surface area contributed by atoms with E-state index in [1.165, 1.54) is 6.07 Å². The van der Waals surface area contributed by atoms with Gasteiger partial charge in [0.15, 0.2) is 0 Å². The normalized spacial score (nSPS) is 11.1. The molecule has 0 saturated carbocycles. The molecule has 2 amide bonds. The van der Waals surface area contributed by atoms with Crippen LogP contribution in [-0.4, -0.2) is 29.7 Å². The lowest BCUT2D eigenvalue weighted by atomic mass is 10.2. The number of carbonyl (C=O) groups is 2. The first-order valence-corrected chi connectivity index (χ1v) is 6.08. The summed E-state index contributed by atoms with van der Waals surface area (Å²) < 4.78 is 13.1. The molecule has 1 atom stereocenters. The number of hydrogen-bond acceptors (Lipinski definition) is 3. The van der Waals surface area contributed by atoms with E-state index < -0.39 is 23.9 Å². The Balaban J connectivity index is 2.81. The predicted octanol–water partition coefficient (Wildman–Crippen LogP) is 2.75. The molecule has 1 rings (SSSR count). The number of azide groups is 1. The summed E-state index contributed by atoms with van der Waals surface area (Å²) in [5.74, 6) is -1.34. The number of carbonyl (C=O) groups excluding carboxylic acids is 1. The highest BCUT2D eigenvalue weighted by Gasteiger charge is 2.21. The number of hydrogen-bond donors (Lipinski definition) is 3. The van der Waals surface area contributed by atoms with Gasteiger partial charge in [-0.25, -0.2) is 9.18 Å². The van der Waals surface area contributed by atoms with Crippen molar-refractivity contribution >= 4 is 29.3 Å². The molecule has 0 aliphatic carbocycles. The Kier molecular flexibility index (Phi) is 6.25. The molecule has 0 fully saturated rings. The minimum Gasteiger partial charge on any atom is -0.465 e. The van der Waals surface area contributed by atoms with Gasteiger partial charge >= 0.3 is 6.09 Å². The fourth-order valence-electron chi connectivity index (χ4n) is 1.46. The van der Waals surface area contributed by atoms with Crippen molar-refractivity contribution in [3.8, 4) is 0 Å². The molecule has 0 aromatic heterocycles. The monoisotopic (exact) mass is 315 g/mol. The van der Waals surface area contributed by atoms with E-state index >= 15 is 0 Å². The Labute approximate surface area is 123 Å². The number of halogens is 2. The number of amides is 2. The summed E-state index contributed by atoms with van der Waals surface area (Å²) in [7, 11) is 0. The largest absolute Gasteiger partial charge is 0.465 e. The summed E-state index contributed by atoms with van der Waals surface area (Å²) in [5, 5.41) is 16.3. The van der Waals surface area contributed by atoms with Gasteiger partial charge in [-0.2, -0.15) is 0 Å². The molecule has 0 aliphatic rings. The number of benzene rings is 1. The molecular formula is C11H11ClFN5O3. The van der Waals surface area contributed by atoms with Crippen molar-refractivity contribution in [2.45, 2.75) is 12.5 Å². The Morgan fingerprint density at radius 2 is 2.24 bits per heavy atom. The molecule has 3 N–H and O–H groups in total. The average Bonchev–Trinajstić information content (AvgIpc) is 2.41. The fourth-order valence-corrected chi connectivity index (χ4v) is 1.63. The van der Waals surface area contributed by atoms with E-state index in [4.69, 9.17) is 22.2 Å². The molecule has 0 spiro atoms. The minimum atomic E-state index is -1.42. The predicted molar refractivity (Wildman–Crippen MR) is 73.6 cm³/mol. The highest BCUT2D eigenvalue weighted by molar-refractivity contribution is 6.33. The van der Waals surface area contributed by atoms with Crippen LogP contribution < -0.4 is 10.6 Å². The topological polar surface area (TPSA) is 127 Å². The summed E-state index contributed by atoms with van der Waals surface area (Å²) in [6, 6.07) is 2.22. The van der Waals surface area contributed by atoms with Gasteiger partial charge in [-0.15, -0.1) is 0 Å². The van der Waals surface area contributed by atoms with Crippen molar-refractivity contribution in [2.75, 3.05) is 11.9 Å². The zero-order valence-corrected chi connectivity index (χ0v) is 11.3. The van der Waals surface area contributed by atoms with Crippen molar-refractivity contribution < 1.29 is 19.1 Å². The molecular weight excluding hydrogens is 305 g/mol. The van der Waals surface area contributed by atoms with Gasteiger partial charge in [-0.05, 0) is 30.2 Å². The van der Waals surface area contributed by atoms with Gasteiger partial charge < -0.3 is 15.7 Å². The molecule has 8 nitrogen and oxygen atoms in total. The lowest BCUT2D eigenvalue weighted by Crippen LogP contribution is -2.43. The number of anilines is 1. The van der Waals surface area contributed by atoms with Gasteiger partial charge in [0.1, 0.15) is 11.9 Å². The first-order chi connectivity index (χ1) is 9.93. The number of nitrogens with zero attached hydrogens (tertiary/aromatic N) is 3. The lowest BCUT2D eigenvalue weighted by molar-refractivity contribution is -0.118. The zero-order valence-electron chi connectivity index (χ0n) is 10.6. The Morgan fingerprint density at radius 3 is 2.86 bits per heavy atom. The van der Waals surface area contributed by atoms with E-state index in [9.17, 15) is 14.0 Å². The molecule has 0 aliphatic heterocycles. The maximum absolute atomic E-state index is 13.1. The van der Waals surface area contributed by atoms with Crippen molar-refractivity contribution in [1.82, 2.24) is 5.32 Å². The van der Waals surface area contributed by atoms with Crippen LogP contribution in [0.3, 0.4) is 0 Å². The summed E-state index contributed by atoms with van der Waals surface area (Å²) in [6.07, 6.45) is -1.46. The molecule has 0 bridgehead atoms. The summed E-state index contributed by atoms with van der Waals surface area (Å²) >= 11 is 5.79. The van der Waals surface area contributed by atoms with Gasteiger partial charge in [0, 0.05) is 11.5 Å². The second-order valence-electron chi connectivity index (χ2n) is 3.86. The summed E-state index contributed by atoms with van der Waals surface area (Å²) in [6.45, 7) is -0.0776. The standard InChI is InChI=1S/C11H11ClFN5O3/c12-7-2-1-6(13)5-9(7)16-10(19)8(17-11(20)21)3-4-15-18-14/h1-2,5,8,17H,3-4H2,(H,16,19)(H,20,21)/t8-/m0/s1. The second kappa shape index (κ2) is 7.93. The maximum atomic E-state index is 13.1. The van der Waals surface area contributed by atoms with Gasteiger partial charge in [-0.3, -0.25) is 4.79 Å². The molecule has 21 heavy (non-hydrogen) atoms. The average molecular weight is 316 g/mol. The van der Waals surface area contributed by atoms with Gasteiger partial charge in [0.25, 0.3) is 0 Å². The molecule has 0 unspecified atom stereocenters. The van der Waals surface area contributed by atoms with Crippen LogP contribution >= 0.6 is 11.6 Å². The van der Waals surface area contributed by atoms with Crippen molar-refractivity contribution in [3.63, 3.8) is 0 Å². The molecule has 10 heteroatoms. The van der Waals surface area contributed by atoms with Crippen molar-refractivity contribution in [1.29, 1.82) is 0 Å². The number of nitrogens with one attached hydrogen (secondary N) is 2. The van der Waals surface area contributed by atoms with E-state index in [1.54, 1.807) is 0 Å². The quantitative estimate of drug-likeness (QED) is 0.424. The van der Waals surface area contributed by atoms with E-state index in [0.29, 0.717) is 0 Å². The smallest absolute Gasteiger partial charge is 0.405 e. The van der Waals surface area contributed by atoms with Crippen molar-refractivity contribution in [2.24, 2.45) is 5.11 Å². The third-order valence-electron chi connectivity index (χ3n) is 2.38. The van der Waals surface area contributed by atoms with Crippen LogP contribution in [0.2, 0.25) is 5.02 Å². The van der Waals surface area contributed by atoms with Crippen molar-refractivity contribution in [3.05, 3.63) is 39.5 Å². The van der Waals surface area contributed by atoms with Gasteiger partial charge in [0.05, 0.1) is 10.7 Å². The maximum Gasteiger partial charge on any atom is 0.405 e. The van der Waals surface area contributed by atoms with Crippen LogP contribution in [0.4, 0.5) is 14.9 Å². The van der Waals surface area contributed by atoms with Crippen LogP contribution in [0.25, 0.3) is 10.4 Å². The van der Waals surface area contributed by atoms with E-state index in [2.05, 4.69) is 15.3 Å². The second-order valence-corrected chi connectivity index (χ2v) is 4.27. The van der Waals surface area contributed by atoms with Crippen LogP contribution in [0.1, 0.15) is 6.42 Å². The molecule has 1 aromatic rings. The molecule has 1 aromatic carbocycles. The molecule has 0 heterocycles. The van der Waals surface area contributed by atoms with Crippen LogP contribution in [0.5, 0.6) is 0 Å². The third-order valence-corrected chi connectivity index (χ3v) is 2.71. The van der Waals surface area contributed by atoms with Crippen LogP contribution in [0, 0.1) is 5.82 Å². The molecule has 0 saturated heterocycles. The lowest BCUT2D eigenvalue weighted by Gasteiger charge is -2.16. The number of carboxylic acid groups (broad SMARTS) is 1. The highest BCUT2D eigenvalue weighted by atomic mass is 35.5. The zero-order chi connectivity index (χ0) is 15.8. The SMILES string of the molecule is [N-]=[N+]=NCC[C@H](NC(=O)O)C(=O)Nc1cc(F)ccc1Cl. The Bertz CT molecular complexity index is 591. The third kappa shape index (κ3) is 5.55. The van der Waals surface area contributed by atoms with Crippen LogP contribution in [-0.2, 0) is 4.79 Å². The van der Waals surface area contributed by atoms with Gasteiger partial charge in [-0.1, -0.05) is 16.7 Å². The Morgan fingerprint density at radius 1 is 1.52 bits per heavy atom. The van der Waals surface area contributed by atoms with E-state index in [1.807, 2.05) is 5.32 Å². The van der Waals surface area contributed by atoms with E-state index in [-0.39, 0.29) is 23.7 Å². The molecule has 0 radical (unpaired) electrons. The number of rotatable bonds is 6. The van der Waals surface area contributed by atoms with Gasteiger partial charge in [0.2, 0.25) is 5.91 Å². The summed E-state index contributed by atoms with van der Waals surface area (Å²) in [5.41, 5.74) is 8.18. The highest BCUT2D eigenvalue weighted by Crippen LogP contribution is 2.22. The molecule has 112 valence electrons. The minimum absolute atomic E-state index is 0.0163. The first kappa shape index (κ1) is 16.5. The van der Waals surface area contributed by atoms with Crippen LogP contribution in [0.15, 0.2) is 23.3 Å². The fraction of sp³-hybridized carbons (Fsp3) is 0.273. The Hall–Kier alpha value is -2.51. The summed E-state index contributed by atoms with van der Waals surface area (Å²) in [4.78, 5) is 25.1. The van der Waals surface area contributed by atoms with E-state index in [0.717, 1.165) is 12.1 Å². The first-order valence-electron chi connectivity index (χ1n) is 5.70.